The number of phosphoric acid groups is 1. The van der Waals surface area contributed by atoms with Crippen LogP contribution in [0, 0.1) is 17.8 Å². The first-order valence-electron chi connectivity index (χ1n) is 23.6. The molecule has 0 heterocycles. The molecule has 0 spiro atoms. The molecule has 73 heavy (non-hydrogen) atoms. The number of carbonyl (C=O) groups is 10. The van der Waals surface area contributed by atoms with Crippen LogP contribution in [-0.4, -0.2) is 123 Å². The molecule has 404 valence electrons. The molecule has 0 aliphatic rings. The van der Waals surface area contributed by atoms with Crippen molar-refractivity contribution >= 4 is 67.0 Å². The first kappa shape index (κ1) is 62.2. The Hall–Kier alpha value is -6.95. The van der Waals surface area contributed by atoms with Crippen LogP contribution in [0.15, 0.2) is 54.6 Å². The van der Waals surface area contributed by atoms with Crippen LogP contribution in [0.4, 0.5) is 0 Å². The van der Waals surface area contributed by atoms with Crippen LogP contribution in [0.5, 0.6) is 5.75 Å². The Bertz CT molecular complexity index is 2280. The molecule has 0 aliphatic carbocycles. The second-order valence-electron chi connectivity index (χ2n) is 18.6. The summed E-state index contributed by atoms with van der Waals surface area (Å²) >= 11 is 0. The zero-order valence-electron chi connectivity index (χ0n) is 41.8. The molecule has 25 nitrogen and oxygen atoms in total. The fourth-order valence-electron chi connectivity index (χ4n) is 7.15. The molecule has 0 saturated carbocycles. The number of aryl methyl sites for hydroxylation is 1. The smallest absolute Gasteiger partial charge is 0.481 e. The number of hydrogen-bond acceptors (Lipinski definition) is 13. The summed E-state index contributed by atoms with van der Waals surface area (Å²) in [6, 6.07) is 4.22. The maximum absolute atomic E-state index is 14.5. The Morgan fingerprint density at radius 2 is 1.12 bits per heavy atom. The van der Waals surface area contributed by atoms with E-state index in [2.05, 4.69) is 41.7 Å². The van der Waals surface area contributed by atoms with Gasteiger partial charge in [-0.25, -0.2) is 4.57 Å². The van der Waals surface area contributed by atoms with E-state index < -0.39 is 135 Å². The summed E-state index contributed by atoms with van der Waals surface area (Å²) in [4.78, 5) is 150. The number of benzene rings is 2. The lowest BCUT2D eigenvalue weighted by atomic mass is 9.98. The van der Waals surface area contributed by atoms with Crippen molar-refractivity contribution in [3.63, 3.8) is 0 Å². The normalized spacial score (nSPS) is 14.2. The van der Waals surface area contributed by atoms with Gasteiger partial charge in [-0.05, 0) is 73.1 Å². The van der Waals surface area contributed by atoms with Crippen LogP contribution >= 0.6 is 7.82 Å². The molecule has 0 saturated heterocycles. The molecule has 0 unspecified atom stereocenters. The van der Waals surface area contributed by atoms with E-state index >= 15 is 0 Å². The van der Waals surface area contributed by atoms with Crippen molar-refractivity contribution in [2.75, 3.05) is 6.54 Å². The lowest BCUT2D eigenvalue weighted by molar-refractivity contribution is -0.137. The number of phosphoric ester groups is 1. The number of primary amides is 2. The largest absolute Gasteiger partial charge is 0.524 e. The average Bonchev–Trinajstić information content (AvgIpc) is 3.29. The number of hydrogen-bond donors (Lipinski definition) is 13. The summed E-state index contributed by atoms with van der Waals surface area (Å²) in [5.41, 5.74) is 17.8. The van der Waals surface area contributed by atoms with Crippen molar-refractivity contribution in [1.29, 1.82) is 0 Å². The minimum Gasteiger partial charge on any atom is -0.481 e. The molecular weight excluding hydrogens is 976 g/mol. The van der Waals surface area contributed by atoms with Crippen LogP contribution in [0.1, 0.15) is 91.2 Å². The van der Waals surface area contributed by atoms with Gasteiger partial charge in [-0.15, -0.1) is 0 Å². The van der Waals surface area contributed by atoms with E-state index in [9.17, 15) is 62.3 Å². The van der Waals surface area contributed by atoms with Gasteiger partial charge in [0.1, 0.15) is 42.0 Å². The highest BCUT2D eigenvalue weighted by atomic mass is 31.2. The molecule has 2 aromatic carbocycles. The number of rotatable bonds is 32. The van der Waals surface area contributed by atoms with E-state index in [4.69, 9.17) is 22.3 Å². The molecule has 0 bridgehead atoms. The number of amides is 9. The fourth-order valence-corrected chi connectivity index (χ4v) is 7.54. The van der Waals surface area contributed by atoms with E-state index in [0.717, 1.165) is 5.56 Å². The van der Waals surface area contributed by atoms with Gasteiger partial charge in [0.2, 0.25) is 53.2 Å². The fraction of sp³-hybridized carbons (Fsp3) is 0.532. The summed E-state index contributed by atoms with van der Waals surface area (Å²) in [5.74, 6) is -10.4. The molecule has 26 heteroatoms. The molecule has 0 aliphatic heterocycles. The second-order valence-corrected chi connectivity index (χ2v) is 19.8. The lowest BCUT2D eigenvalue weighted by Crippen LogP contribution is -2.61. The van der Waals surface area contributed by atoms with Crippen LogP contribution in [0.3, 0.4) is 0 Å². The maximum atomic E-state index is 14.5. The molecule has 7 atom stereocenters. The number of carbonyl (C=O) groups excluding carboxylic acids is 9. The van der Waals surface area contributed by atoms with Crippen LogP contribution in [0.2, 0.25) is 0 Å². The minimum absolute atomic E-state index is 0.0171. The van der Waals surface area contributed by atoms with Gasteiger partial charge in [-0.3, -0.25) is 57.7 Å². The van der Waals surface area contributed by atoms with Crippen molar-refractivity contribution in [2.24, 2.45) is 35.0 Å². The third-order valence-electron chi connectivity index (χ3n) is 10.9. The first-order chi connectivity index (χ1) is 34.0. The molecule has 2 rings (SSSR count). The van der Waals surface area contributed by atoms with Crippen molar-refractivity contribution in [2.45, 2.75) is 135 Å². The average molecular weight is 1050 g/mol. The number of carboxylic acids is 1. The van der Waals surface area contributed by atoms with Gasteiger partial charge in [0.25, 0.3) is 0 Å². The van der Waals surface area contributed by atoms with Crippen molar-refractivity contribution in [1.82, 2.24) is 37.2 Å². The van der Waals surface area contributed by atoms with Crippen LogP contribution in [0.25, 0.3) is 0 Å². The predicted octanol–water partition coefficient (Wildman–Crippen LogP) is -1.34. The van der Waals surface area contributed by atoms with E-state index in [-0.39, 0.29) is 61.7 Å². The minimum atomic E-state index is -4.97. The van der Waals surface area contributed by atoms with E-state index in [1.807, 2.05) is 13.8 Å². The summed E-state index contributed by atoms with van der Waals surface area (Å²) in [7, 11) is -4.97. The standard InChI is InChI=1S/C47H71N10O15P/c1-25(2)20-33(41(50)62)54-47(68)40(27(5)6)57-43(64)32(18-14-28-10-8-7-9-11-28)53-45(66)35(22-29-12-15-30(16-13-29)72-73(69,70)71)55-46(67)36(23-37(49)58)56-44(65)34(21-26(3)4)52-38(59)24-51-42(63)31(48)17-19-39(60)61/h7-13,15-16,25-27,31-36,40H,14,17-24,48H2,1-6H3,(H2,49,58)(H2,50,62)(H,51,63)(H,52,59)(H,53,66)(H,54,68)(H,55,67)(H,56,65)(H,57,64)(H,60,61)(H2,69,70,71)/t31-,32-,33-,34-,35-,36-,40-/m0/s1. The predicted molar refractivity (Wildman–Crippen MR) is 264 cm³/mol. The van der Waals surface area contributed by atoms with Gasteiger partial charge in [-0.2, -0.15) is 0 Å². The molecule has 16 N–H and O–H groups in total. The maximum Gasteiger partial charge on any atom is 0.524 e. The molecule has 0 aromatic heterocycles. The topological polar surface area (TPSA) is 420 Å². The van der Waals surface area contributed by atoms with Gasteiger partial charge in [0.15, 0.2) is 0 Å². The Balaban J connectivity index is 2.54. The quantitative estimate of drug-likeness (QED) is 0.0377. The number of carboxylic acid groups (broad SMARTS) is 1. The lowest BCUT2D eigenvalue weighted by Gasteiger charge is -2.29. The van der Waals surface area contributed by atoms with Gasteiger partial charge < -0.3 is 64.0 Å². The SMILES string of the molecule is CC(C)C[C@H](NC(=O)[C@@H](NC(=O)[C@H](CCc1ccccc1)NC(=O)[C@H](Cc1ccc(OP(=O)(O)O)cc1)NC(=O)[C@H](CC(N)=O)NC(=O)[C@H](CC(C)C)NC(=O)CNC(=O)[C@@H](N)CCC(=O)O)C(C)C)C(N)=O. The zero-order chi connectivity index (χ0) is 55.2. The molecule has 9 amide bonds. The summed E-state index contributed by atoms with van der Waals surface area (Å²) < 4.78 is 16.1. The number of nitrogens with two attached hydrogens (primary N) is 3. The second kappa shape index (κ2) is 30.2. The number of nitrogens with one attached hydrogen (secondary N) is 7. The Morgan fingerprint density at radius 1 is 0.603 bits per heavy atom. The molecular formula is C47H71N10O15P. The molecule has 2 aromatic rings. The molecule has 0 fully saturated rings. The van der Waals surface area contributed by atoms with Gasteiger partial charge in [-0.1, -0.05) is 84.0 Å². The summed E-state index contributed by atoms with van der Waals surface area (Å²) in [6.07, 6.45) is -1.43. The van der Waals surface area contributed by atoms with Crippen molar-refractivity contribution < 1.29 is 71.9 Å². The van der Waals surface area contributed by atoms with Crippen molar-refractivity contribution in [3.8, 4) is 5.75 Å². The summed E-state index contributed by atoms with van der Waals surface area (Å²) in [5, 5.41) is 26.4. The Kier molecular flexibility index (Phi) is 25.7. The first-order valence-corrected chi connectivity index (χ1v) is 25.1. The van der Waals surface area contributed by atoms with Gasteiger partial charge in [0, 0.05) is 12.8 Å². The van der Waals surface area contributed by atoms with E-state index in [1.54, 1.807) is 58.0 Å². The summed E-state index contributed by atoms with van der Waals surface area (Å²) in [6.45, 7) is 9.73. The zero-order valence-corrected chi connectivity index (χ0v) is 42.6. The van der Waals surface area contributed by atoms with Crippen molar-refractivity contribution in [3.05, 3.63) is 65.7 Å². The molecule has 0 radical (unpaired) electrons. The van der Waals surface area contributed by atoms with Crippen LogP contribution < -0.4 is 58.9 Å². The Labute approximate surface area is 423 Å². The van der Waals surface area contributed by atoms with Gasteiger partial charge in [0.05, 0.1) is 19.0 Å². The highest BCUT2D eigenvalue weighted by molar-refractivity contribution is 7.46. The number of aliphatic carboxylic acids is 1. The highest BCUT2D eigenvalue weighted by Crippen LogP contribution is 2.37. The third kappa shape index (κ3) is 24.4. The Morgan fingerprint density at radius 3 is 1.66 bits per heavy atom. The van der Waals surface area contributed by atoms with Crippen LogP contribution in [-0.2, 0) is 65.4 Å². The highest BCUT2D eigenvalue weighted by Gasteiger charge is 2.35. The third-order valence-corrected chi connectivity index (χ3v) is 11.3. The van der Waals surface area contributed by atoms with E-state index in [1.165, 1.54) is 24.3 Å². The monoisotopic (exact) mass is 1050 g/mol. The van der Waals surface area contributed by atoms with E-state index in [0.29, 0.717) is 0 Å². The van der Waals surface area contributed by atoms with Gasteiger partial charge >= 0.3 is 13.8 Å².